The minimum atomic E-state index is -4.18. The normalized spacial score (nSPS) is 11.4. The number of unbranched alkanes of at least 4 members (excludes halogenated alkanes) is 1. The van der Waals surface area contributed by atoms with Crippen molar-refractivity contribution >= 4 is 11.6 Å². The summed E-state index contributed by atoms with van der Waals surface area (Å²) in [4.78, 5) is 11.6. The molecule has 0 aliphatic carbocycles. The molecule has 0 saturated carbocycles. The lowest BCUT2D eigenvalue weighted by Crippen LogP contribution is -2.25. The fraction of sp³-hybridized carbons (Fsp3) is 0.417. The number of alkyl halides is 3. The van der Waals surface area contributed by atoms with Gasteiger partial charge in [-0.25, -0.2) is 4.39 Å². The summed E-state index contributed by atoms with van der Waals surface area (Å²) in [6.45, 7) is 0.117. The Morgan fingerprint density at radius 2 is 1.95 bits per heavy atom. The van der Waals surface area contributed by atoms with E-state index in [1.807, 2.05) is 0 Å². The summed E-state index contributed by atoms with van der Waals surface area (Å²) < 4.78 is 48.3. The largest absolute Gasteiger partial charge is 0.398 e. The first kappa shape index (κ1) is 15.3. The van der Waals surface area contributed by atoms with Gasteiger partial charge in [-0.3, -0.25) is 4.79 Å². The second kappa shape index (κ2) is 6.40. The molecule has 0 aliphatic rings. The maximum Gasteiger partial charge on any atom is 0.389 e. The van der Waals surface area contributed by atoms with Crippen molar-refractivity contribution in [2.24, 2.45) is 0 Å². The molecular formula is C12H14F4N2O. The number of hydrogen-bond acceptors (Lipinski definition) is 2. The van der Waals surface area contributed by atoms with Gasteiger partial charge in [0.2, 0.25) is 0 Å². The van der Waals surface area contributed by atoms with Gasteiger partial charge in [0.05, 0.1) is 5.56 Å². The number of carbonyl (C=O) groups excluding carboxylic acids is 1. The van der Waals surface area contributed by atoms with Crippen molar-refractivity contribution in [1.82, 2.24) is 5.32 Å². The lowest BCUT2D eigenvalue weighted by molar-refractivity contribution is -0.135. The number of nitrogens with two attached hydrogens (primary N) is 1. The summed E-state index contributed by atoms with van der Waals surface area (Å²) in [5, 5.41) is 2.44. The monoisotopic (exact) mass is 278 g/mol. The average molecular weight is 278 g/mol. The number of nitrogen functional groups attached to an aromatic ring is 1. The van der Waals surface area contributed by atoms with Crippen LogP contribution >= 0.6 is 0 Å². The third kappa shape index (κ3) is 5.58. The van der Waals surface area contributed by atoms with Crippen LogP contribution in [-0.4, -0.2) is 18.6 Å². The summed E-state index contributed by atoms with van der Waals surface area (Å²) in [7, 11) is 0. The Morgan fingerprint density at radius 1 is 1.26 bits per heavy atom. The van der Waals surface area contributed by atoms with E-state index in [1.54, 1.807) is 0 Å². The second-order valence-electron chi connectivity index (χ2n) is 4.06. The van der Waals surface area contributed by atoms with Gasteiger partial charge in [0.15, 0.2) is 0 Å². The van der Waals surface area contributed by atoms with E-state index >= 15 is 0 Å². The van der Waals surface area contributed by atoms with Crippen molar-refractivity contribution in [2.45, 2.75) is 25.4 Å². The zero-order valence-electron chi connectivity index (χ0n) is 10.1. The van der Waals surface area contributed by atoms with Crippen molar-refractivity contribution in [1.29, 1.82) is 0 Å². The molecule has 0 bridgehead atoms. The van der Waals surface area contributed by atoms with E-state index in [2.05, 4.69) is 5.32 Å². The molecule has 1 aromatic rings. The third-order valence-electron chi connectivity index (χ3n) is 2.43. The van der Waals surface area contributed by atoms with Crippen molar-refractivity contribution in [3.05, 3.63) is 29.6 Å². The van der Waals surface area contributed by atoms with Gasteiger partial charge in [0.25, 0.3) is 5.91 Å². The van der Waals surface area contributed by atoms with Crippen LogP contribution in [0.2, 0.25) is 0 Å². The SMILES string of the molecule is Nc1cc(F)ccc1C(=O)NCCCCC(F)(F)F. The number of hydrogen-bond donors (Lipinski definition) is 2. The van der Waals surface area contributed by atoms with Crippen molar-refractivity contribution in [2.75, 3.05) is 12.3 Å². The first-order valence-corrected chi connectivity index (χ1v) is 5.69. The highest BCUT2D eigenvalue weighted by molar-refractivity contribution is 5.99. The Hall–Kier alpha value is -1.79. The molecule has 0 atom stereocenters. The van der Waals surface area contributed by atoms with E-state index in [1.165, 1.54) is 6.07 Å². The van der Waals surface area contributed by atoms with Gasteiger partial charge in [0.1, 0.15) is 5.82 Å². The molecule has 3 nitrogen and oxygen atoms in total. The summed E-state index contributed by atoms with van der Waals surface area (Å²) in [6.07, 6.45) is -4.89. The predicted octanol–water partition coefficient (Wildman–Crippen LogP) is 2.87. The molecule has 3 N–H and O–H groups in total. The van der Waals surface area contributed by atoms with Crippen molar-refractivity contribution < 1.29 is 22.4 Å². The van der Waals surface area contributed by atoms with Gasteiger partial charge < -0.3 is 11.1 Å². The van der Waals surface area contributed by atoms with Crippen molar-refractivity contribution in [3.8, 4) is 0 Å². The minimum Gasteiger partial charge on any atom is -0.398 e. The molecule has 19 heavy (non-hydrogen) atoms. The molecule has 0 aromatic heterocycles. The van der Waals surface area contributed by atoms with E-state index < -0.39 is 24.3 Å². The Bertz CT molecular complexity index is 446. The lowest BCUT2D eigenvalue weighted by atomic mass is 10.1. The number of halogens is 4. The molecule has 0 radical (unpaired) electrons. The van der Waals surface area contributed by atoms with Gasteiger partial charge in [-0.05, 0) is 31.0 Å². The van der Waals surface area contributed by atoms with Crippen LogP contribution in [-0.2, 0) is 0 Å². The predicted molar refractivity (Wildman–Crippen MR) is 63.1 cm³/mol. The molecule has 1 aromatic carbocycles. The Balaban J connectivity index is 2.36. The number of carbonyl (C=O) groups is 1. The molecule has 0 heterocycles. The zero-order chi connectivity index (χ0) is 14.5. The Labute approximate surface area is 107 Å². The maximum absolute atomic E-state index is 12.8. The summed E-state index contributed by atoms with van der Waals surface area (Å²) in [5.41, 5.74) is 5.56. The summed E-state index contributed by atoms with van der Waals surface area (Å²) >= 11 is 0. The molecule has 7 heteroatoms. The van der Waals surface area contributed by atoms with Crippen LogP contribution in [0.25, 0.3) is 0 Å². The smallest absolute Gasteiger partial charge is 0.389 e. The van der Waals surface area contributed by atoms with Crippen LogP contribution in [0.3, 0.4) is 0 Å². The highest BCUT2D eigenvalue weighted by Gasteiger charge is 2.25. The van der Waals surface area contributed by atoms with E-state index in [9.17, 15) is 22.4 Å². The summed E-state index contributed by atoms with van der Waals surface area (Å²) in [5.74, 6) is -1.08. The van der Waals surface area contributed by atoms with E-state index in [-0.39, 0.29) is 30.6 Å². The molecular weight excluding hydrogens is 264 g/mol. The molecule has 0 spiro atoms. The minimum absolute atomic E-state index is 0.00667. The number of anilines is 1. The van der Waals surface area contributed by atoms with Crippen LogP contribution < -0.4 is 11.1 Å². The van der Waals surface area contributed by atoms with Crippen LogP contribution in [0.15, 0.2) is 18.2 Å². The molecule has 0 unspecified atom stereocenters. The second-order valence-corrected chi connectivity index (χ2v) is 4.06. The topological polar surface area (TPSA) is 55.1 Å². The van der Waals surface area contributed by atoms with Gasteiger partial charge in [-0.1, -0.05) is 0 Å². The molecule has 0 aliphatic heterocycles. The Kier molecular flexibility index (Phi) is 5.14. The van der Waals surface area contributed by atoms with Crippen LogP contribution in [0, 0.1) is 5.82 Å². The fourth-order valence-corrected chi connectivity index (χ4v) is 1.49. The van der Waals surface area contributed by atoms with Crippen LogP contribution in [0.4, 0.5) is 23.2 Å². The van der Waals surface area contributed by atoms with Gasteiger partial charge in [-0.2, -0.15) is 13.2 Å². The van der Waals surface area contributed by atoms with E-state index in [4.69, 9.17) is 5.73 Å². The standard InChI is InChI=1S/C12H14F4N2O/c13-8-3-4-9(10(17)7-8)11(19)18-6-2-1-5-12(14,15)16/h3-4,7H,1-2,5-6,17H2,(H,18,19). The van der Waals surface area contributed by atoms with E-state index in [0.717, 1.165) is 12.1 Å². The maximum atomic E-state index is 12.8. The number of amides is 1. The number of rotatable bonds is 5. The average Bonchev–Trinajstić information content (AvgIpc) is 2.26. The molecule has 1 amide bonds. The van der Waals surface area contributed by atoms with Crippen LogP contribution in [0.1, 0.15) is 29.6 Å². The highest BCUT2D eigenvalue weighted by atomic mass is 19.4. The number of nitrogens with one attached hydrogen (secondary N) is 1. The quantitative estimate of drug-likeness (QED) is 0.494. The molecule has 106 valence electrons. The third-order valence-corrected chi connectivity index (χ3v) is 2.43. The zero-order valence-corrected chi connectivity index (χ0v) is 10.1. The van der Waals surface area contributed by atoms with Gasteiger partial charge >= 0.3 is 6.18 Å². The highest BCUT2D eigenvalue weighted by Crippen LogP contribution is 2.21. The van der Waals surface area contributed by atoms with Crippen LogP contribution in [0.5, 0.6) is 0 Å². The van der Waals surface area contributed by atoms with E-state index in [0.29, 0.717) is 0 Å². The van der Waals surface area contributed by atoms with Crippen molar-refractivity contribution in [3.63, 3.8) is 0 Å². The molecule has 1 rings (SSSR count). The van der Waals surface area contributed by atoms with Gasteiger partial charge in [0, 0.05) is 18.7 Å². The fourth-order valence-electron chi connectivity index (χ4n) is 1.49. The summed E-state index contributed by atoms with van der Waals surface area (Å²) in [6, 6.07) is 3.34. The first-order valence-electron chi connectivity index (χ1n) is 5.69. The number of benzene rings is 1. The Morgan fingerprint density at radius 3 is 2.53 bits per heavy atom. The lowest BCUT2D eigenvalue weighted by Gasteiger charge is -2.08. The molecule has 0 fully saturated rings. The first-order chi connectivity index (χ1) is 8.79. The molecule has 0 saturated heterocycles. The van der Waals surface area contributed by atoms with Gasteiger partial charge in [-0.15, -0.1) is 0 Å².